The monoisotopic (exact) mass is 289 g/mol. The molecule has 110 valence electrons. The van der Waals surface area contributed by atoms with Crippen LogP contribution in [0.1, 0.15) is 32.1 Å². The second-order valence-corrected chi connectivity index (χ2v) is 7.59. The van der Waals surface area contributed by atoms with Gasteiger partial charge < -0.3 is 5.73 Å². The summed E-state index contributed by atoms with van der Waals surface area (Å²) in [6.45, 7) is 2.56. The van der Waals surface area contributed by atoms with Crippen LogP contribution in [-0.2, 0) is 14.8 Å². The number of carbonyl (C=O) groups excluding carboxylic acids is 1. The molecule has 2 fully saturated rings. The van der Waals surface area contributed by atoms with Crippen molar-refractivity contribution in [3.8, 4) is 0 Å². The number of rotatable bonds is 3. The molecule has 1 amide bonds. The van der Waals surface area contributed by atoms with Crippen molar-refractivity contribution in [3.05, 3.63) is 0 Å². The van der Waals surface area contributed by atoms with Gasteiger partial charge in [-0.3, -0.25) is 9.69 Å². The van der Waals surface area contributed by atoms with E-state index in [0.717, 1.165) is 25.9 Å². The van der Waals surface area contributed by atoms with Gasteiger partial charge in [0.1, 0.15) is 5.54 Å². The molecular formula is C12H23N3O3S. The van der Waals surface area contributed by atoms with Crippen molar-refractivity contribution in [3.63, 3.8) is 0 Å². The summed E-state index contributed by atoms with van der Waals surface area (Å²) in [7, 11) is -3.17. The van der Waals surface area contributed by atoms with Crippen LogP contribution in [0.3, 0.4) is 0 Å². The first-order valence-corrected chi connectivity index (χ1v) is 8.71. The predicted octanol–water partition coefficient (Wildman–Crippen LogP) is -0.248. The summed E-state index contributed by atoms with van der Waals surface area (Å²) in [5, 5.41) is 0. The Morgan fingerprint density at radius 1 is 1.05 bits per heavy atom. The van der Waals surface area contributed by atoms with Crippen molar-refractivity contribution < 1.29 is 13.2 Å². The number of hydrogen-bond donors (Lipinski definition) is 1. The minimum absolute atomic E-state index is 0.303. The molecule has 0 spiro atoms. The normalized spacial score (nSPS) is 26.2. The van der Waals surface area contributed by atoms with Crippen LogP contribution in [0.2, 0.25) is 0 Å². The van der Waals surface area contributed by atoms with E-state index in [4.69, 9.17) is 5.73 Å². The number of nitrogens with two attached hydrogens (primary N) is 1. The van der Waals surface area contributed by atoms with Gasteiger partial charge >= 0.3 is 0 Å². The number of primary amides is 1. The fourth-order valence-electron chi connectivity index (χ4n) is 3.23. The van der Waals surface area contributed by atoms with Crippen molar-refractivity contribution in [2.75, 3.05) is 32.4 Å². The summed E-state index contributed by atoms with van der Waals surface area (Å²) in [4.78, 5) is 14.1. The second-order valence-electron chi connectivity index (χ2n) is 5.61. The van der Waals surface area contributed by atoms with Gasteiger partial charge in [-0.25, -0.2) is 12.7 Å². The smallest absolute Gasteiger partial charge is 0.238 e. The van der Waals surface area contributed by atoms with Crippen molar-refractivity contribution in [2.24, 2.45) is 5.73 Å². The van der Waals surface area contributed by atoms with E-state index in [1.807, 2.05) is 0 Å². The Balaban J connectivity index is 2.13. The highest BCUT2D eigenvalue weighted by atomic mass is 32.2. The van der Waals surface area contributed by atoms with Gasteiger partial charge in [0.15, 0.2) is 0 Å². The number of carbonyl (C=O) groups is 1. The Kier molecular flexibility index (Phi) is 4.17. The van der Waals surface area contributed by atoms with Gasteiger partial charge in [0.05, 0.1) is 6.26 Å². The highest BCUT2D eigenvalue weighted by Crippen LogP contribution is 2.32. The average molecular weight is 289 g/mol. The number of amides is 1. The second kappa shape index (κ2) is 5.38. The summed E-state index contributed by atoms with van der Waals surface area (Å²) in [5.74, 6) is -0.303. The molecule has 0 atom stereocenters. The fourth-order valence-corrected chi connectivity index (χ4v) is 4.07. The van der Waals surface area contributed by atoms with Gasteiger partial charge in [-0.2, -0.15) is 0 Å². The number of sulfonamides is 1. The van der Waals surface area contributed by atoms with Gasteiger partial charge in [-0.05, 0) is 38.8 Å². The molecule has 0 aromatic rings. The average Bonchev–Trinajstić information content (AvgIpc) is 2.38. The third-order valence-corrected chi connectivity index (χ3v) is 5.74. The molecule has 19 heavy (non-hydrogen) atoms. The summed E-state index contributed by atoms with van der Waals surface area (Å²) in [6, 6.07) is 0. The van der Waals surface area contributed by atoms with E-state index in [-0.39, 0.29) is 5.91 Å². The zero-order valence-corrected chi connectivity index (χ0v) is 12.3. The van der Waals surface area contributed by atoms with Crippen LogP contribution in [0.25, 0.3) is 0 Å². The lowest BCUT2D eigenvalue weighted by Crippen LogP contribution is -2.63. The third-order valence-electron chi connectivity index (χ3n) is 4.44. The van der Waals surface area contributed by atoms with Crippen LogP contribution >= 0.6 is 0 Å². The molecule has 0 aromatic heterocycles. The highest BCUT2D eigenvalue weighted by molar-refractivity contribution is 7.88. The van der Waals surface area contributed by atoms with E-state index in [2.05, 4.69) is 4.90 Å². The minimum atomic E-state index is -3.17. The molecule has 0 radical (unpaired) electrons. The number of piperidine rings is 2. The first-order valence-electron chi connectivity index (χ1n) is 6.86. The number of nitrogens with zero attached hydrogens (tertiary/aromatic N) is 2. The lowest BCUT2D eigenvalue weighted by molar-refractivity contribution is -0.134. The Labute approximate surface area is 115 Å². The zero-order chi connectivity index (χ0) is 14.1. The van der Waals surface area contributed by atoms with Crippen LogP contribution in [0.4, 0.5) is 0 Å². The molecular weight excluding hydrogens is 266 g/mol. The van der Waals surface area contributed by atoms with Crippen molar-refractivity contribution in [1.82, 2.24) is 9.21 Å². The van der Waals surface area contributed by atoms with E-state index >= 15 is 0 Å². The Morgan fingerprint density at radius 3 is 2.00 bits per heavy atom. The molecule has 2 aliphatic rings. The van der Waals surface area contributed by atoms with Gasteiger partial charge in [0.2, 0.25) is 15.9 Å². The molecule has 0 unspecified atom stereocenters. The summed E-state index contributed by atoms with van der Waals surface area (Å²) in [5.41, 5.74) is 5.00. The third kappa shape index (κ3) is 2.93. The Bertz CT molecular complexity index is 435. The Hall–Kier alpha value is -0.660. The van der Waals surface area contributed by atoms with Crippen LogP contribution in [0.5, 0.6) is 0 Å². The summed E-state index contributed by atoms with van der Waals surface area (Å²) >= 11 is 0. The van der Waals surface area contributed by atoms with Gasteiger partial charge in [-0.15, -0.1) is 0 Å². The van der Waals surface area contributed by atoms with Crippen LogP contribution in [0, 0.1) is 0 Å². The molecule has 2 aliphatic heterocycles. The largest absolute Gasteiger partial charge is 0.368 e. The maximum atomic E-state index is 11.9. The standard InChI is InChI=1S/C12H23N3O3S/c1-19(17,18)15-9-5-12(6-10-15,11(13)16)14-7-3-2-4-8-14/h2-10H2,1H3,(H2,13,16). The van der Waals surface area contributed by atoms with E-state index in [9.17, 15) is 13.2 Å². The zero-order valence-electron chi connectivity index (χ0n) is 11.5. The first kappa shape index (κ1) is 14.7. The lowest BCUT2D eigenvalue weighted by atomic mass is 9.84. The molecule has 0 saturated carbocycles. The summed E-state index contributed by atoms with van der Waals surface area (Å²) in [6.07, 6.45) is 5.60. The molecule has 0 aliphatic carbocycles. The molecule has 6 nitrogen and oxygen atoms in total. The lowest BCUT2D eigenvalue weighted by Gasteiger charge is -2.47. The molecule has 2 heterocycles. The van der Waals surface area contributed by atoms with Crippen LogP contribution in [0.15, 0.2) is 0 Å². The van der Waals surface area contributed by atoms with Crippen molar-refractivity contribution in [1.29, 1.82) is 0 Å². The SMILES string of the molecule is CS(=O)(=O)N1CCC(C(N)=O)(N2CCCCC2)CC1. The van der Waals surface area contributed by atoms with Gasteiger partial charge in [0.25, 0.3) is 0 Å². The number of hydrogen-bond acceptors (Lipinski definition) is 4. The fraction of sp³-hybridized carbons (Fsp3) is 0.917. The first-order chi connectivity index (χ1) is 8.86. The van der Waals surface area contributed by atoms with Gasteiger partial charge in [0, 0.05) is 13.1 Å². The Morgan fingerprint density at radius 2 is 1.58 bits per heavy atom. The molecule has 0 bridgehead atoms. The van der Waals surface area contributed by atoms with Crippen molar-refractivity contribution in [2.45, 2.75) is 37.6 Å². The molecule has 2 saturated heterocycles. The highest BCUT2D eigenvalue weighted by Gasteiger charge is 2.46. The van der Waals surface area contributed by atoms with E-state index < -0.39 is 15.6 Å². The topological polar surface area (TPSA) is 83.7 Å². The van der Waals surface area contributed by atoms with E-state index in [0.29, 0.717) is 25.9 Å². The van der Waals surface area contributed by atoms with Crippen LogP contribution in [-0.4, -0.2) is 61.5 Å². The van der Waals surface area contributed by atoms with Gasteiger partial charge in [-0.1, -0.05) is 6.42 Å². The van der Waals surface area contributed by atoms with Crippen LogP contribution < -0.4 is 5.73 Å². The maximum Gasteiger partial charge on any atom is 0.238 e. The quantitative estimate of drug-likeness (QED) is 0.776. The van der Waals surface area contributed by atoms with E-state index in [1.54, 1.807) is 0 Å². The maximum absolute atomic E-state index is 11.9. The molecule has 0 aromatic carbocycles. The molecule has 7 heteroatoms. The molecule has 2 rings (SSSR count). The number of likely N-dealkylation sites (tertiary alicyclic amines) is 1. The molecule has 2 N–H and O–H groups in total. The summed E-state index contributed by atoms with van der Waals surface area (Å²) < 4.78 is 24.5. The van der Waals surface area contributed by atoms with Crippen molar-refractivity contribution >= 4 is 15.9 Å². The minimum Gasteiger partial charge on any atom is -0.368 e. The van der Waals surface area contributed by atoms with E-state index in [1.165, 1.54) is 17.0 Å². The predicted molar refractivity (Wildman–Crippen MR) is 73.0 cm³/mol.